The molecular weight excluding hydrogens is 198 g/mol. The van der Waals surface area contributed by atoms with E-state index in [0.29, 0.717) is 0 Å². The summed E-state index contributed by atoms with van der Waals surface area (Å²) in [6.45, 7) is 8.71. The van der Waals surface area contributed by atoms with Crippen LogP contribution in [0.25, 0.3) is 0 Å². The number of benzene rings is 1. The quantitative estimate of drug-likeness (QED) is 0.819. The fraction of sp³-hybridized carbons (Fsp3) is 0.571. The predicted octanol–water partition coefficient (Wildman–Crippen LogP) is 2.74. The summed E-state index contributed by atoms with van der Waals surface area (Å²) in [5.41, 5.74) is 1.32. The van der Waals surface area contributed by atoms with Crippen LogP contribution in [0.1, 0.15) is 39.3 Å². The SMILES string of the molecule is C[C@H](N[C@H](CO)C(C)(C)C)c1ccccc1. The van der Waals surface area contributed by atoms with Crippen molar-refractivity contribution in [2.24, 2.45) is 5.41 Å². The third-order valence-electron chi connectivity index (χ3n) is 2.98. The van der Waals surface area contributed by atoms with Crippen LogP contribution in [-0.4, -0.2) is 17.8 Å². The Kier molecular flexibility index (Phi) is 4.51. The summed E-state index contributed by atoms with van der Waals surface area (Å²) in [5, 5.41) is 12.9. The molecule has 1 aromatic carbocycles. The van der Waals surface area contributed by atoms with Gasteiger partial charge >= 0.3 is 0 Å². The zero-order valence-corrected chi connectivity index (χ0v) is 10.7. The fourth-order valence-electron chi connectivity index (χ4n) is 1.72. The van der Waals surface area contributed by atoms with Crippen molar-refractivity contribution in [1.82, 2.24) is 5.32 Å². The Balaban J connectivity index is 2.67. The highest BCUT2D eigenvalue weighted by Crippen LogP contribution is 2.22. The highest BCUT2D eigenvalue weighted by Gasteiger charge is 2.25. The van der Waals surface area contributed by atoms with Crippen LogP contribution >= 0.6 is 0 Å². The largest absolute Gasteiger partial charge is 0.395 e. The van der Waals surface area contributed by atoms with E-state index in [2.05, 4.69) is 45.1 Å². The van der Waals surface area contributed by atoms with Crippen LogP contribution in [0.2, 0.25) is 0 Å². The van der Waals surface area contributed by atoms with Gasteiger partial charge < -0.3 is 10.4 Å². The molecule has 0 fully saturated rings. The molecule has 0 bridgehead atoms. The van der Waals surface area contributed by atoms with E-state index in [1.165, 1.54) is 5.56 Å². The number of hydrogen-bond donors (Lipinski definition) is 2. The third-order valence-corrected chi connectivity index (χ3v) is 2.98. The van der Waals surface area contributed by atoms with Gasteiger partial charge in [0.25, 0.3) is 0 Å². The minimum Gasteiger partial charge on any atom is -0.395 e. The van der Waals surface area contributed by atoms with Crippen molar-refractivity contribution >= 4 is 0 Å². The Morgan fingerprint density at radius 2 is 1.75 bits per heavy atom. The van der Waals surface area contributed by atoms with Crippen molar-refractivity contribution in [1.29, 1.82) is 0 Å². The number of aliphatic hydroxyl groups is 1. The lowest BCUT2D eigenvalue weighted by atomic mass is 9.86. The summed E-state index contributed by atoms with van der Waals surface area (Å²) in [6, 6.07) is 10.7. The molecule has 2 nitrogen and oxygen atoms in total. The van der Waals surface area contributed by atoms with Crippen LogP contribution in [0.4, 0.5) is 0 Å². The molecule has 0 aromatic heterocycles. The van der Waals surface area contributed by atoms with E-state index in [4.69, 9.17) is 0 Å². The molecular formula is C14H23NO. The number of rotatable bonds is 4. The van der Waals surface area contributed by atoms with Crippen molar-refractivity contribution in [2.75, 3.05) is 6.61 Å². The Bertz CT molecular complexity index is 302. The molecule has 0 aliphatic rings. The summed E-state index contributed by atoms with van der Waals surface area (Å²) in [5.74, 6) is 0. The molecule has 2 heteroatoms. The highest BCUT2D eigenvalue weighted by molar-refractivity contribution is 5.18. The first kappa shape index (κ1) is 13.2. The molecule has 0 radical (unpaired) electrons. The molecule has 90 valence electrons. The summed E-state index contributed by atoms with van der Waals surface area (Å²) >= 11 is 0. The summed E-state index contributed by atoms with van der Waals surface area (Å²) in [4.78, 5) is 0. The molecule has 2 atom stereocenters. The molecule has 0 saturated heterocycles. The minimum absolute atomic E-state index is 0.0673. The summed E-state index contributed by atoms with van der Waals surface area (Å²) in [6.07, 6.45) is 0. The van der Waals surface area contributed by atoms with Gasteiger partial charge in [0.1, 0.15) is 0 Å². The van der Waals surface area contributed by atoms with Crippen molar-refractivity contribution in [3.05, 3.63) is 35.9 Å². The second-order valence-electron chi connectivity index (χ2n) is 5.40. The van der Waals surface area contributed by atoms with Crippen LogP contribution < -0.4 is 5.32 Å². The van der Waals surface area contributed by atoms with E-state index in [-0.39, 0.29) is 24.1 Å². The molecule has 0 amide bonds. The standard InChI is InChI=1S/C14H23NO/c1-11(12-8-6-5-7-9-12)15-13(10-16)14(2,3)4/h5-9,11,13,15-16H,10H2,1-4H3/t11-,13+/m0/s1. The van der Waals surface area contributed by atoms with Crippen molar-refractivity contribution in [2.45, 2.75) is 39.8 Å². The smallest absolute Gasteiger partial charge is 0.0589 e. The normalized spacial score (nSPS) is 15.8. The molecule has 0 aliphatic carbocycles. The zero-order chi connectivity index (χ0) is 12.2. The van der Waals surface area contributed by atoms with E-state index >= 15 is 0 Å². The molecule has 16 heavy (non-hydrogen) atoms. The monoisotopic (exact) mass is 221 g/mol. The Morgan fingerprint density at radius 3 is 2.19 bits per heavy atom. The van der Waals surface area contributed by atoms with Gasteiger partial charge in [-0.05, 0) is 17.9 Å². The van der Waals surface area contributed by atoms with E-state index in [1.807, 2.05) is 18.2 Å². The zero-order valence-electron chi connectivity index (χ0n) is 10.7. The first-order chi connectivity index (χ1) is 7.45. The number of nitrogens with one attached hydrogen (secondary N) is 1. The maximum atomic E-state index is 9.39. The lowest BCUT2D eigenvalue weighted by Crippen LogP contribution is -2.44. The van der Waals surface area contributed by atoms with Gasteiger partial charge in [0.2, 0.25) is 0 Å². The maximum absolute atomic E-state index is 9.39. The average Bonchev–Trinajstić information content (AvgIpc) is 2.25. The number of hydrogen-bond acceptors (Lipinski definition) is 2. The van der Waals surface area contributed by atoms with E-state index in [1.54, 1.807) is 0 Å². The van der Waals surface area contributed by atoms with Crippen molar-refractivity contribution in [3.8, 4) is 0 Å². The Hall–Kier alpha value is -0.860. The number of aliphatic hydroxyl groups excluding tert-OH is 1. The van der Waals surface area contributed by atoms with Gasteiger partial charge in [-0.15, -0.1) is 0 Å². The first-order valence-corrected chi connectivity index (χ1v) is 5.87. The van der Waals surface area contributed by atoms with Crippen LogP contribution in [0.15, 0.2) is 30.3 Å². The van der Waals surface area contributed by atoms with Crippen LogP contribution in [0.3, 0.4) is 0 Å². The summed E-state index contributed by atoms with van der Waals surface area (Å²) in [7, 11) is 0. The van der Waals surface area contributed by atoms with Gasteiger partial charge in [-0.2, -0.15) is 0 Å². The van der Waals surface area contributed by atoms with E-state index < -0.39 is 0 Å². The highest BCUT2D eigenvalue weighted by atomic mass is 16.3. The van der Waals surface area contributed by atoms with Crippen LogP contribution in [0, 0.1) is 5.41 Å². The predicted molar refractivity (Wildman–Crippen MR) is 68.3 cm³/mol. The van der Waals surface area contributed by atoms with E-state index in [0.717, 1.165) is 0 Å². The Morgan fingerprint density at radius 1 is 1.19 bits per heavy atom. The van der Waals surface area contributed by atoms with Gasteiger partial charge in [0.15, 0.2) is 0 Å². The van der Waals surface area contributed by atoms with E-state index in [9.17, 15) is 5.11 Å². The molecule has 0 unspecified atom stereocenters. The minimum atomic E-state index is 0.0673. The topological polar surface area (TPSA) is 32.3 Å². The van der Waals surface area contributed by atoms with Crippen LogP contribution in [0.5, 0.6) is 0 Å². The second kappa shape index (κ2) is 5.46. The molecule has 1 rings (SSSR count). The van der Waals surface area contributed by atoms with Crippen molar-refractivity contribution in [3.63, 3.8) is 0 Å². The van der Waals surface area contributed by atoms with Gasteiger partial charge in [0, 0.05) is 12.1 Å². The summed E-state index contributed by atoms with van der Waals surface area (Å²) < 4.78 is 0. The molecule has 0 aliphatic heterocycles. The van der Waals surface area contributed by atoms with Gasteiger partial charge in [-0.1, -0.05) is 51.1 Å². The molecule has 0 heterocycles. The lowest BCUT2D eigenvalue weighted by Gasteiger charge is -2.32. The molecule has 1 aromatic rings. The van der Waals surface area contributed by atoms with Crippen LogP contribution in [-0.2, 0) is 0 Å². The average molecular weight is 221 g/mol. The maximum Gasteiger partial charge on any atom is 0.0589 e. The molecule has 2 N–H and O–H groups in total. The van der Waals surface area contributed by atoms with Gasteiger partial charge in [0.05, 0.1) is 6.61 Å². The molecule has 0 spiro atoms. The fourth-order valence-corrected chi connectivity index (χ4v) is 1.72. The van der Waals surface area contributed by atoms with Gasteiger partial charge in [-0.3, -0.25) is 0 Å². The Labute approximate surface area is 98.7 Å². The van der Waals surface area contributed by atoms with Gasteiger partial charge in [-0.25, -0.2) is 0 Å². The first-order valence-electron chi connectivity index (χ1n) is 5.87. The second-order valence-corrected chi connectivity index (χ2v) is 5.40. The third kappa shape index (κ3) is 3.62. The lowest BCUT2D eigenvalue weighted by molar-refractivity contribution is 0.150. The molecule has 0 saturated carbocycles. The van der Waals surface area contributed by atoms with Crippen molar-refractivity contribution < 1.29 is 5.11 Å².